The molecule has 6 heteroatoms. The third-order valence-corrected chi connectivity index (χ3v) is 2.66. The molecule has 122 valence electrons. The number of hydrogen-bond donors (Lipinski definition) is 1. The summed E-state index contributed by atoms with van der Waals surface area (Å²) in [5.41, 5.74) is 0. The lowest BCUT2D eigenvalue weighted by Gasteiger charge is -2.29. The highest BCUT2D eigenvalue weighted by Gasteiger charge is 2.23. The fourth-order valence-electron chi connectivity index (χ4n) is 1.87. The highest BCUT2D eigenvalue weighted by Crippen LogP contribution is 2.08. The largest absolute Gasteiger partial charge is 0.550 e. The molecule has 0 saturated heterocycles. The maximum absolute atomic E-state index is 11.7. The van der Waals surface area contributed by atoms with E-state index in [9.17, 15) is 19.8 Å². The molecule has 0 aliphatic heterocycles. The van der Waals surface area contributed by atoms with E-state index in [4.69, 9.17) is 4.74 Å². The molecule has 0 aromatic heterocycles. The molecule has 0 bridgehead atoms. The molecular weight excluding hydrogens is 274 g/mol. The van der Waals surface area contributed by atoms with Crippen molar-refractivity contribution in [2.45, 2.75) is 44.8 Å². The normalized spacial score (nSPS) is 14.9. The van der Waals surface area contributed by atoms with E-state index >= 15 is 0 Å². The van der Waals surface area contributed by atoms with Gasteiger partial charge in [0.1, 0.15) is 6.54 Å². The van der Waals surface area contributed by atoms with Crippen molar-refractivity contribution in [3.8, 4) is 0 Å². The van der Waals surface area contributed by atoms with Gasteiger partial charge in [-0.2, -0.15) is 0 Å². The lowest BCUT2D eigenvalue weighted by molar-refractivity contribution is -0.873. The molecule has 0 fully saturated rings. The predicted octanol–water partition coefficient (Wildman–Crippen LogP) is -0.148. The average molecular weight is 301 g/mol. The molecular formula is C15H27NO5. The second-order valence-electron chi connectivity index (χ2n) is 6.13. The first kappa shape index (κ1) is 19.6. The Morgan fingerprint density at radius 1 is 1.24 bits per heavy atom. The van der Waals surface area contributed by atoms with E-state index in [0.29, 0.717) is 17.4 Å². The molecule has 0 saturated carbocycles. The highest BCUT2D eigenvalue weighted by molar-refractivity contribution is 5.71. The summed E-state index contributed by atoms with van der Waals surface area (Å²) < 4.78 is 5.62. The Hall–Kier alpha value is -1.40. The van der Waals surface area contributed by atoms with Crippen molar-refractivity contribution in [3.05, 3.63) is 12.2 Å². The summed E-state index contributed by atoms with van der Waals surface area (Å²) in [4.78, 5) is 22.4. The minimum Gasteiger partial charge on any atom is -0.550 e. The number of likely N-dealkylation sites (N-methyl/N-ethyl adjacent to an activating group) is 1. The smallest absolute Gasteiger partial charge is 0.308 e. The first-order valence-corrected chi connectivity index (χ1v) is 7.17. The highest BCUT2D eigenvalue weighted by atomic mass is 16.5. The number of allylic oxidation sites excluding steroid dienone is 1. The van der Waals surface area contributed by atoms with Gasteiger partial charge in [-0.3, -0.25) is 4.79 Å². The van der Waals surface area contributed by atoms with Crippen LogP contribution in [0.1, 0.15) is 32.6 Å². The van der Waals surface area contributed by atoms with Crippen LogP contribution in [0, 0.1) is 0 Å². The van der Waals surface area contributed by atoms with Crippen molar-refractivity contribution >= 4 is 11.9 Å². The van der Waals surface area contributed by atoms with Gasteiger partial charge < -0.3 is 24.2 Å². The molecule has 0 amide bonds. The number of ether oxygens (including phenoxy) is 1. The van der Waals surface area contributed by atoms with E-state index in [1.165, 1.54) is 0 Å². The van der Waals surface area contributed by atoms with Crippen molar-refractivity contribution in [1.82, 2.24) is 0 Å². The van der Waals surface area contributed by atoms with Gasteiger partial charge in [0.25, 0.3) is 0 Å². The fraction of sp³-hybridized carbons (Fsp3) is 0.733. The second-order valence-corrected chi connectivity index (χ2v) is 6.13. The first-order chi connectivity index (χ1) is 9.64. The Balaban J connectivity index is 4.38. The summed E-state index contributed by atoms with van der Waals surface area (Å²) >= 11 is 0. The number of carbonyl (C=O) groups is 2. The van der Waals surface area contributed by atoms with Gasteiger partial charge in [-0.15, -0.1) is 0 Å². The number of rotatable bonds is 10. The lowest BCUT2D eigenvalue weighted by Crippen LogP contribution is -2.45. The zero-order valence-corrected chi connectivity index (χ0v) is 13.4. The molecule has 0 aromatic rings. The van der Waals surface area contributed by atoms with Crippen LogP contribution in [0.2, 0.25) is 0 Å². The van der Waals surface area contributed by atoms with Crippen LogP contribution in [0.5, 0.6) is 0 Å². The molecule has 2 unspecified atom stereocenters. The van der Waals surface area contributed by atoms with Gasteiger partial charge >= 0.3 is 5.97 Å². The SMILES string of the molecule is CCC=CCC(O)CC(=O)OC(CC(=O)[O-])C[N+](C)(C)C. The summed E-state index contributed by atoms with van der Waals surface area (Å²) in [7, 11) is 5.63. The molecule has 0 spiro atoms. The van der Waals surface area contributed by atoms with E-state index in [0.717, 1.165) is 6.42 Å². The van der Waals surface area contributed by atoms with Gasteiger partial charge in [0.15, 0.2) is 6.10 Å². The lowest BCUT2D eigenvalue weighted by atomic mass is 10.1. The van der Waals surface area contributed by atoms with Crippen LogP contribution in [-0.4, -0.2) is 61.4 Å². The number of esters is 1. The summed E-state index contributed by atoms with van der Waals surface area (Å²) in [6.45, 7) is 2.35. The van der Waals surface area contributed by atoms with Crippen molar-refractivity contribution in [2.24, 2.45) is 0 Å². The maximum atomic E-state index is 11.7. The van der Waals surface area contributed by atoms with E-state index in [2.05, 4.69) is 0 Å². The minimum absolute atomic E-state index is 0.144. The molecule has 0 heterocycles. The Morgan fingerprint density at radius 3 is 2.33 bits per heavy atom. The number of carboxylic acid groups (broad SMARTS) is 1. The number of nitrogens with zero attached hydrogens (tertiary/aromatic N) is 1. The molecule has 0 aliphatic rings. The van der Waals surface area contributed by atoms with Crippen molar-refractivity contribution in [2.75, 3.05) is 27.7 Å². The minimum atomic E-state index is -1.26. The number of carbonyl (C=O) groups excluding carboxylic acids is 2. The summed E-state index contributed by atoms with van der Waals surface area (Å²) in [5, 5.41) is 20.4. The molecule has 1 N–H and O–H groups in total. The third-order valence-electron chi connectivity index (χ3n) is 2.66. The van der Waals surface area contributed by atoms with Crippen LogP contribution >= 0.6 is 0 Å². The van der Waals surface area contributed by atoms with Crippen LogP contribution in [0.25, 0.3) is 0 Å². The monoisotopic (exact) mass is 301 g/mol. The summed E-state index contributed by atoms with van der Waals surface area (Å²) in [6, 6.07) is 0. The van der Waals surface area contributed by atoms with Gasteiger partial charge in [-0.05, 0) is 12.8 Å². The number of carboxylic acids is 1. The molecule has 6 nitrogen and oxygen atoms in total. The number of aliphatic carboxylic acids is 1. The van der Waals surface area contributed by atoms with Gasteiger partial charge in [-0.1, -0.05) is 19.1 Å². The van der Waals surface area contributed by atoms with Crippen molar-refractivity contribution in [1.29, 1.82) is 0 Å². The standard InChI is InChI=1S/C15H27NO5/c1-5-6-7-8-12(17)9-15(20)21-13(10-14(18)19)11-16(2,3)4/h6-7,12-13,17H,5,8-11H2,1-4H3. The predicted molar refractivity (Wildman–Crippen MR) is 77.1 cm³/mol. The topological polar surface area (TPSA) is 86.7 Å². The molecule has 0 aromatic carbocycles. The Bertz CT molecular complexity index is 360. The van der Waals surface area contributed by atoms with Crippen LogP contribution < -0.4 is 5.11 Å². The fourth-order valence-corrected chi connectivity index (χ4v) is 1.87. The van der Waals surface area contributed by atoms with Crippen molar-refractivity contribution in [3.63, 3.8) is 0 Å². The van der Waals surface area contributed by atoms with Crippen LogP contribution in [0.15, 0.2) is 12.2 Å². The number of aliphatic hydroxyl groups excluding tert-OH is 1. The van der Waals surface area contributed by atoms with E-state index < -0.39 is 24.1 Å². The number of aliphatic hydroxyl groups is 1. The number of hydrogen-bond acceptors (Lipinski definition) is 5. The average Bonchev–Trinajstić information content (AvgIpc) is 2.25. The maximum Gasteiger partial charge on any atom is 0.308 e. The van der Waals surface area contributed by atoms with Gasteiger partial charge in [0.05, 0.1) is 33.7 Å². The Kier molecular flexibility index (Phi) is 8.89. The summed E-state index contributed by atoms with van der Waals surface area (Å²) in [5.74, 6) is -1.85. The van der Waals surface area contributed by atoms with Gasteiger partial charge in [0, 0.05) is 12.4 Å². The Labute approximate surface area is 126 Å². The number of quaternary nitrogens is 1. The van der Waals surface area contributed by atoms with E-state index in [1.807, 2.05) is 40.2 Å². The molecule has 2 atom stereocenters. The van der Waals surface area contributed by atoms with Crippen LogP contribution in [-0.2, 0) is 14.3 Å². The summed E-state index contributed by atoms with van der Waals surface area (Å²) in [6.07, 6.45) is 2.92. The molecule has 0 rings (SSSR count). The van der Waals surface area contributed by atoms with E-state index in [1.54, 1.807) is 0 Å². The third kappa shape index (κ3) is 12.1. The molecule has 0 aliphatic carbocycles. The first-order valence-electron chi connectivity index (χ1n) is 7.17. The van der Waals surface area contributed by atoms with Crippen molar-refractivity contribution < 1.29 is 29.0 Å². The zero-order chi connectivity index (χ0) is 16.5. The van der Waals surface area contributed by atoms with E-state index in [-0.39, 0.29) is 12.8 Å². The van der Waals surface area contributed by atoms with Crippen LogP contribution in [0.3, 0.4) is 0 Å². The quantitative estimate of drug-likeness (QED) is 0.344. The van der Waals surface area contributed by atoms with Gasteiger partial charge in [0.2, 0.25) is 0 Å². The van der Waals surface area contributed by atoms with Crippen LogP contribution in [0.4, 0.5) is 0 Å². The van der Waals surface area contributed by atoms with Gasteiger partial charge in [-0.25, -0.2) is 0 Å². The molecule has 21 heavy (non-hydrogen) atoms. The second kappa shape index (κ2) is 9.52. The molecule has 0 radical (unpaired) electrons. The Morgan fingerprint density at radius 2 is 1.86 bits per heavy atom. The zero-order valence-electron chi connectivity index (χ0n) is 13.4.